The molecule has 40 heavy (non-hydrogen) atoms. The first-order valence-corrected chi connectivity index (χ1v) is 12.8. The van der Waals surface area contributed by atoms with Crippen molar-refractivity contribution in [1.82, 2.24) is 4.90 Å². The Bertz CT molecular complexity index is 1400. The molecule has 0 amide bonds. The zero-order valence-electron chi connectivity index (χ0n) is 21.6. The highest BCUT2D eigenvalue weighted by Gasteiger charge is 2.31. The van der Waals surface area contributed by atoms with Crippen LogP contribution in [0.15, 0.2) is 77.2 Å². The van der Waals surface area contributed by atoms with Gasteiger partial charge in [0.1, 0.15) is 11.3 Å². The van der Waals surface area contributed by atoms with E-state index in [0.29, 0.717) is 6.04 Å². The standard InChI is InChI=1S/C22H22F3NO.C7H6BF3O2/c1-15-3-2-11-26(15)12-10-20-14-18-13-17(6-9-21(18)27-20)16-4-7-19(8-5-16)22(23,24)25;9-7(10,11)5-1-3-6(4-2-5)8(12)13/h4-9,13-15H,2-3,10-12H2,1H3;1-4,12-13H/t15-;/m1./s1. The molecule has 4 nitrogen and oxygen atoms in total. The van der Waals surface area contributed by atoms with Crippen LogP contribution in [0, 0.1) is 0 Å². The Kier molecular flexibility index (Phi) is 8.97. The first kappa shape index (κ1) is 29.7. The summed E-state index contributed by atoms with van der Waals surface area (Å²) in [6, 6.07) is 17.4. The number of benzene rings is 3. The highest BCUT2D eigenvalue weighted by Crippen LogP contribution is 2.32. The lowest BCUT2D eigenvalue weighted by molar-refractivity contribution is -0.138. The van der Waals surface area contributed by atoms with Crippen molar-refractivity contribution in [3.05, 3.63) is 89.7 Å². The van der Waals surface area contributed by atoms with Crippen LogP contribution in [0.3, 0.4) is 0 Å². The molecule has 1 atom stereocenters. The maximum absolute atomic E-state index is 12.7. The third-order valence-corrected chi connectivity index (χ3v) is 6.99. The topological polar surface area (TPSA) is 56.8 Å². The lowest BCUT2D eigenvalue weighted by atomic mass is 9.80. The number of hydrogen-bond donors (Lipinski definition) is 2. The monoisotopic (exact) mass is 563 g/mol. The highest BCUT2D eigenvalue weighted by molar-refractivity contribution is 6.58. The lowest BCUT2D eigenvalue weighted by Gasteiger charge is -2.19. The first-order valence-electron chi connectivity index (χ1n) is 12.8. The number of nitrogens with zero attached hydrogens (tertiary/aromatic N) is 1. The summed E-state index contributed by atoms with van der Waals surface area (Å²) in [5.74, 6) is 0.952. The molecule has 3 aromatic carbocycles. The van der Waals surface area contributed by atoms with Crippen LogP contribution in [0.1, 0.15) is 36.7 Å². The second kappa shape index (κ2) is 12.1. The van der Waals surface area contributed by atoms with Gasteiger partial charge in [0.25, 0.3) is 0 Å². The molecule has 5 rings (SSSR count). The molecule has 1 aliphatic rings. The minimum Gasteiger partial charge on any atom is -0.461 e. The number of hydrogen-bond acceptors (Lipinski definition) is 4. The van der Waals surface area contributed by atoms with Crippen LogP contribution in [0.5, 0.6) is 0 Å². The van der Waals surface area contributed by atoms with Gasteiger partial charge in [-0.2, -0.15) is 26.3 Å². The van der Waals surface area contributed by atoms with Gasteiger partial charge in [-0.05, 0) is 73.2 Å². The van der Waals surface area contributed by atoms with E-state index in [-0.39, 0.29) is 5.46 Å². The molecule has 1 aromatic heterocycles. The van der Waals surface area contributed by atoms with Gasteiger partial charge in [0.2, 0.25) is 0 Å². The molecule has 1 saturated heterocycles. The Morgan fingerprint density at radius 1 is 0.825 bits per heavy atom. The normalized spacial score (nSPS) is 16.2. The lowest BCUT2D eigenvalue weighted by Crippen LogP contribution is -2.29. The fourth-order valence-corrected chi connectivity index (χ4v) is 4.68. The van der Waals surface area contributed by atoms with Gasteiger partial charge < -0.3 is 19.4 Å². The van der Waals surface area contributed by atoms with Crippen molar-refractivity contribution in [3.63, 3.8) is 0 Å². The number of halogens is 6. The molecule has 0 aliphatic carbocycles. The molecule has 1 fully saturated rings. The molecule has 0 spiro atoms. The number of furan rings is 1. The predicted octanol–water partition coefficient (Wildman–Crippen LogP) is 6.53. The minimum absolute atomic E-state index is 0.0352. The van der Waals surface area contributed by atoms with Crippen LogP contribution < -0.4 is 5.46 Å². The molecule has 212 valence electrons. The Morgan fingerprint density at radius 2 is 1.40 bits per heavy atom. The maximum atomic E-state index is 12.7. The van der Waals surface area contributed by atoms with Gasteiger partial charge in [0.15, 0.2) is 0 Å². The van der Waals surface area contributed by atoms with E-state index in [4.69, 9.17) is 14.5 Å². The average Bonchev–Trinajstić information content (AvgIpc) is 3.51. The van der Waals surface area contributed by atoms with Crippen molar-refractivity contribution in [3.8, 4) is 11.1 Å². The summed E-state index contributed by atoms with van der Waals surface area (Å²) in [4.78, 5) is 2.49. The van der Waals surface area contributed by atoms with E-state index in [1.165, 1.54) is 25.0 Å². The van der Waals surface area contributed by atoms with Crippen LogP contribution >= 0.6 is 0 Å². The number of likely N-dealkylation sites (tertiary alicyclic amines) is 1. The quantitative estimate of drug-likeness (QED) is 0.214. The third-order valence-electron chi connectivity index (χ3n) is 6.99. The van der Waals surface area contributed by atoms with E-state index >= 15 is 0 Å². The van der Waals surface area contributed by atoms with Crippen molar-refractivity contribution < 1.29 is 40.8 Å². The van der Waals surface area contributed by atoms with Gasteiger partial charge in [0, 0.05) is 24.4 Å². The zero-order chi connectivity index (χ0) is 29.1. The second-order valence-electron chi connectivity index (χ2n) is 9.81. The van der Waals surface area contributed by atoms with Gasteiger partial charge in [0.05, 0.1) is 11.1 Å². The number of alkyl halides is 6. The third kappa shape index (κ3) is 7.47. The maximum Gasteiger partial charge on any atom is 0.488 e. The van der Waals surface area contributed by atoms with Crippen molar-refractivity contribution in [1.29, 1.82) is 0 Å². The van der Waals surface area contributed by atoms with E-state index in [1.54, 1.807) is 0 Å². The SMILES string of the molecule is C[C@@H]1CCCN1CCc1cc2cc(-c3ccc(C(F)(F)F)cc3)ccc2o1.OB(O)c1ccc(C(F)(F)F)cc1. The fraction of sp³-hybridized carbons (Fsp3) is 0.310. The Labute approximate surface area is 228 Å². The fourth-order valence-electron chi connectivity index (χ4n) is 4.68. The van der Waals surface area contributed by atoms with E-state index < -0.39 is 30.6 Å². The zero-order valence-corrected chi connectivity index (χ0v) is 21.6. The Morgan fingerprint density at radius 3 is 1.93 bits per heavy atom. The van der Waals surface area contributed by atoms with Crippen LogP contribution in [0.25, 0.3) is 22.1 Å². The largest absolute Gasteiger partial charge is 0.488 e. The summed E-state index contributed by atoms with van der Waals surface area (Å²) in [5, 5.41) is 18.2. The molecule has 11 heteroatoms. The molecule has 4 aromatic rings. The smallest absolute Gasteiger partial charge is 0.461 e. The van der Waals surface area contributed by atoms with E-state index in [0.717, 1.165) is 83.8 Å². The summed E-state index contributed by atoms with van der Waals surface area (Å²) in [6.07, 6.45) is -5.31. The van der Waals surface area contributed by atoms with E-state index in [9.17, 15) is 26.3 Å². The summed E-state index contributed by atoms with van der Waals surface area (Å²) < 4.78 is 80.1. The molecule has 2 heterocycles. The molecule has 0 saturated carbocycles. The molecule has 0 radical (unpaired) electrons. The van der Waals surface area contributed by atoms with Crippen molar-refractivity contribution in [2.45, 2.75) is 44.6 Å². The Balaban J connectivity index is 0.000000240. The summed E-state index contributed by atoms with van der Waals surface area (Å²) in [6.45, 7) is 4.41. The molecular weight excluding hydrogens is 535 g/mol. The second-order valence-corrected chi connectivity index (χ2v) is 9.81. The predicted molar refractivity (Wildman–Crippen MR) is 142 cm³/mol. The number of fused-ring (bicyclic) bond motifs is 1. The molecular formula is C29H28BF6NO3. The molecule has 0 unspecified atom stereocenters. The van der Waals surface area contributed by atoms with Gasteiger partial charge in [-0.3, -0.25) is 0 Å². The van der Waals surface area contributed by atoms with Crippen molar-refractivity contribution in [2.24, 2.45) is 0 Å². The molecule has 1 aliphatic heterocycles. The summed E-state index contributed by atoms with van der Waals surface area (Å²) in [5.41, 5.74) is 1.06. The minimum atomic E-state index is -4.39. The van der Waals surface area contributed by atoms with Crippen LogP contribution in [-0.4, -0.2) is 41.2 Å². The van der Waals surface area contributed by atoms with Gasteiger partial charge in [-0.15, -0.1) is 0 Å². The van der Waals surface area contributed by atoms with Gasteiger partial charge >= 0.3 is 19.5 Å². The average molecular weight is 563 g/mol. The van der Waals surface area contributed by atoms with E-state index in [1.807, 2.05) is 24.3 Å². The van der Waals surface area contributed by atoms with Gasteiger partial charge in [-0.1, -0.05) is 42.5 Å². The van der Waals surface area contributed by atoms with E-state index in [2.05, 4.69) is 11.8 Å². The molecule has 0 bridgehead atoms. The van der Waals surface area contributed by atoms with Crippen molar-refractivity contribution in [2.75, 3.05) is 13.1 Å². The van der Waals surface area contributed by atoms with Gasteiger partial charge in [-0.25, -0.2) is 0 Å². The van der Waals surface area contributed by atoms with Crippen LogP contribution in [0.4, 0.5) is 26.3 Å². The Hall–Kier alpha value is -3.28. The first-order chi connectivity index (χ1) is 18.8. The van der Waals surface area contributed by atoms with Crippen LogP contribution in [-0.2, 0) is 18.8 Å². The van der Waals surface area contributed by atoms with Crippen LogP contribution in [0.2, 0.25) is 0 Å². The summed E-state index contributed by atoms with van der Waals surface area (Å²) in [7, 11) is -1.73. The molecule has 2 N–H and O–H groups in total. The van der Waals surface area contributed by atoms with Crippen molar-refractivity contribution >= 4 is 23.6 Å². The highest BCUT2D eigenvalue weighted by atomic mass is 19.4. The summed E-state index contributed by atoms with van der Waals surface area (Å²) >= 11 is 0. The number of rotatable bonds is 5.